The van der Waals surface area contributed by atoms with Crippen LogP contribution in [0, 0.1) is 13.8 Å². The largest absolute Gasteiger partial charge is 0.384 e. The van der Waals surface area contributed by atoms with Crippen LogP contribution in [0.3, 0.4) is 0 Å². The summed E-state index contributed by atoms with van der Waals surface area (Å²) in [6, 6.07) is 6.46. The first-order chi connectivity index (χ1) is 8.54. The Morgan fingerprint density at radius 2 is 2.00 bits per heavy atom. The smallest absolute Gasteiger partial charge is 0.125 e. The van der Waals surface area contributed by atoms with Gasteiger partial charge in [0.05, 0.1) is 5.69 Å². The lowest BCUT2D eigenvalue weighted by Gasteiger charge is -2.07. The highest BCUT2D eigenvalue weighted by Crippen LogP contribution is 2.30. The summed E-state index contributed by atoms with van der Waals surface area (Å²) in [5, 5.41) is 4.59. The third-order valence-electron chi connectivity index (χ3n) is 3.34. The fraction of sp³-hybridized carbons (Fsp3) is 0.400. The van der Waals surface area contributed by atoms with Gasteiger partial charge in [-0.15, -0.1) is 0 Å². The number of aryl methyl sites for hydroxylation is 3. The molecule has 0 radical (unpaired) electrons. The number of rotatable bonds is 3. The molecule has 1 heterocycles. The van der Waals surface area contributed by atoms with Crippen molar-refractivity contribution in [2.75, 3.05) is 5.73 Å². The van der Waals surface area contributed by atoms with E-state index in [0.717, 1.165) is 24.4 Å². The molecule has 96 valence electrons. The van der Waals surface area contributed by atoms with E-state index in [1.165, 1.54) is 22.3 Å². The summed E-state index contributed by atoms with van der Waals surface area (Å²) >= 11 is 0. The Bertz CT molecular complexity index is 567. The molecule has 0 bridgehead atoms. The SMILES string of the molecule is CCCc1c(-c2cc(C)ccc2C)nn(C)c1N. The molecule has 2 rings (SSSR count). The summed E-state index contributed by atoms with van der Waals surface area (Å²) < 4.78 is 1.78. The number of hydrogen-bond acceptors (Lipinski definition) is 2. The van der Waals surface area contributed by atoms with E-state index in [-0.39, 0.29) is 0 Å². The van der Waals surface area contributed by atoms with Gasteiger partial charge in [0.15, 0.2) is 0 Å². The van der Waals surface area contributed by atoms with Gasteiger partial charge in [-0.2, -0.15) is 5.10 Å². The van der Waals surface area contributed by atoms with Gasteiger partial charge < -0.3 is 5.73 Å². The molecule has 0 aliphatic heterocycles. The van der Waals surface area contributed by atoms with E-state index >= 15 is 0 Å². The minimum absolute atomic E-state index is 0.785. The number of nitrogens with two attached hydrogens (primary N) is 1. The molecule has 0 spiro atoms. The average Bonchev–Trinajstić information content (AvgIpc) is 2.61. The van der Waals surface area contributed by atoms with Crippen molar-refractivity contribution >= 4 is 5.82 Å². The molecule has 0 saturated heterocycles. The van der Waals surface area contributed by atoms with Crippen LogP contribution in [-0.4, -0.2) is 9.78 Å². The second-order valence-corrected chi connectivity index (χ2v) is 4.90. The normalized spacial score (nSPS) is 10.9. The molecule has 0 unspecified atom stereocenters. The van der Waals surface area contributed by atoms with Gasteiger partial charge in [-0.05, 0) is 31.9 Å². The highest BCUT2D eigenvalue weighted by atomic mass is 15.3. The van der Waals surface area contributed by atoms with Crippen LogP contribution >= 0.6 is 0 Å². The molecule has 0 saturated carbocycles. The first kappa shape index (κ1) is 12.7. The maximum absolute atomic E-state index is 6.12. The quantitative estimate of drug-likeness (QED) is 0.899. The molecule has 0 aliphatic carbocycles. The third kappa shape index (κ3) is 2.13. The molecule has 2 N–H and O–H groups in total. The Morgan fingerprint density at radius 3 is 2.67 bits per heavy atom. The van der Waals surface area contributed by atoms with Crippen molar-refractivity contribution < 1.29 is 0 Å². The molecule has 3 heteroatoms. The minimum atomic E-state index is 0.785. The van der Waals surface area contributed by atoms with E-state index in [2.05, 4.69) is 44.1 Å². The Morgan fingerprint density at radius 1 is 1.28 bits per heavy atom. The van der Waals surface area contributed by atoms with Gasteiger partial charge >= 0.3 is 0 Å². The van der Waals surface area contributed by atoms with Crippen LogP contribution in [-0.2, 0) is 13.5 Å². The molecule has 2 aromatic rings. The van der Waals surface area contributed by atoms with Gasteiger partial charge in [-0.3, -0.25) is 4.68 Å². The van der Waals surface area contributed by atoms with Crippen molar-refractivity contribution in [3.8, 4) is 11.3 Å². The van der Waals surface area contributed by atoms with E-state index in [1.807, 2.05) is 7.05 Å². The molecule has 1 aromatic heterocycles. The monoisotopic (exact) mass is 243 g/mol. The van der Waals surface area contributed by atoms with Crippen molar-refractivity contribution in [3.05, 3.63) is 34.9 Å². The number of aromatic nitrogens is 2. The second kappa shape index (κ2) is 4.84. The zero-order chi connectivity index (χ0) is 13.3. The summed E-state index contributed by atoms with van der Waals surface area (Å²) in [6.07, 6.45) is 2.05. The van der Waals surface area contributed by atoms with Crippen molar-refractivity contribution in [3.63, 3.8) is 0 Å². The van der Waals surface area contributed by atoms with Crippen molar-refractivity contribution in [1.29, 1.82) is 0 Å². The van der Waals surface area contributed by atoms with E-state index in [9.17, 15) is 0 Å². The van der Waals surface area contributed by atoms with Gasteiger partial charge in [0, 0.05) is 18.2 Å². The molecule has 0 fully saturated rings. The zero-order valence-electron chi connectivity index (χ0n) is 11.6. The Balaban J connectivity index is 2.63. The second-order valence-electron chi connectivity index (χ2n) is 4.90. The lowest BCUT2D eigenvalue weighted by molar-refractivity contribution is 0.781. The highest BCUT2D eigenvalue weighted by molar-refractivity contribution is 5.71. The van der Waals surface area contributed by atoms with E-state index in [0.29, 0.717) is 0 Å². The van der Waals surface area contributed by atoms with E-state index in [1.54, 1.807) is 4.68 Å². The fourth-order valence-electron chi connectivity index (χ4n) is 2.28. The predicted molar refractivity (Wildman–Crippen MR) is 76.5 cm³/mol. The fourth-order valence-corrected chi connectivity index (χ4v) is 2.28. The Labute approximate surface area is 109 Å². The van der Waals surface area contributed by atoms with Gasteiger partial charge in [0.2, 0.25) is 0 Å². The van der Waals surface area contributed by atoms with Crippen molar-refractivity contribution in [2.24, 2.45) is 7.05 Å². The van der Waals surface area contributed by atoms with Crippen LogP contribution in [0.5, 0.6) is 0 Å². The standard InChI is InChI=1S/C15H21N3/c1-5-6-12-14(17-18(4)15(12)16)13-9-10(2)7-8-11(13)3/h7-9H,5-6,16H2,1-4H3. The van der Waals surface area contributed by atoms with Crippen LogP contribution in [0.4, 0.5) is 5.82 Å². The first-order valence-electron chi connectivity index (χ1n) is 6.43. The number of nitrogens with zero attached hydrogens (tertiary/aromatic N) is 2. The lowest BCUT2D eigenvalue weighted by atomic mass is 9.98. The first-order valence-corrected chi connectivity index (χ1v) is 6.43. The Hall–Kier alpha value is -1.77. The maximum Gasteiger partial charge on any atom is 0.125 e. The van der Waals surface area contributed by atoms with Crippen LogP contribution in [0.25, 0.3) is 11.3 Å². The molecule has 0 aliphatic rings. The van der Waals surface area contributed by atoms with Crippen LogP contribution < -0.4 is 5.73 Å². The number of anilines is 1. The minimum Gasteiger partial charge on any atom is -0.384 e. The van der Waals surface area contributed by atoms with Crippen molar-refractivity contribution in [2.45, 2.75) is 33.6 Å². The third-order valence-corrected chi connectivity index (χ3v) is 3.34. The molecule has 3 nitrogen and oxygen atoms in total. The van der Waals surface area contributed by atoms with Crippen LogP contribution in [0.1, 0.15) is 30.0 Å². The molecular weight excluding hydrogens is 222 g/mol. The lowest BCUT2D eigenvalue weighted by Crippen LogP contribution is -1.99. The summed E-state index contributed by atoms with van der Waals surface area (Å²) in [5.74, 6) is 0.785. The van der Waals surface area contributed by atoms with Gasteiger partial charge in [0.1, 0.15) is 5.82 Å². The summed E-state index contributed by atoms with van der Waals surface area (Å²) in [4.78, 5) is 0. The van der Waals surface area contributed by atoms with E-state index < -0.39 is 0 Å². The molecule has 0 atom stereocenters. The van der Waals surface area contributed by atoms with Crippen LogP contribution in [0.15, 0.2) is 18.2 Å². The maximum atomic E-state index is 6.12. The van der Waals surface area contributed by atoms with Gasteiger partial charge in [0.25, 0.3) is 0 Å². The Kier molecular flexibility index (Phi) is 3.41. The molecule has 1 aromatic carbocycles. The number of benzene rings is 1. The van der Waals surface area contributed by atoms with Crippen molar-refractivity contribution in [1.82, 2.24) is 9.78 Å². The molecule has 0 amide bonds. The summed E-state index contributed by atoms with van der Waals surface area (Å²) in [7, 11) is 1.91. The van der Waals surface area contributed by atoms with Gasteiger partial charge in [-0.1, -0.05) is 31.0 Å². The van der Waals surface area contributed by atoms with Gasteiger partial charge in [-0.25, -0.2) is 0 Å². The highest BCUT2D eigenvalue weighted by Gasteiger charge is 2.16. The predicted octanol–water partition coefficient (Wildman–Crippen LogP) is 3.24. The summed E-state index contributed by atoms with van der Waals surface area (Å²) in [6.45, 7) is 6.39. The molecule has 18 heavy (non-hydrogen) atoms. The number of nitrogen functional groups attached to an aromatic ring is 1. The van der Waals surface area contributed by atoms with Crippen LogP contribution in [0.2, 0.25) is 0 Å². The molecular formula is C15H21N3. The average molecular weight is 243 g/mol. The number of hydrogen-bond donors (Lipinski definition) is 1. The topological polar surface area (TPSA) is 43.8 Å². The van der Waals surface area contributed by atoms with E-state index in [4.69, 9.17) is 5.73 Å². The zero-order valence-corrected chi connectivity index (χ0v) is 11.6. The summed E-state index contributed by atoms with van der Waals surface area (Å²) in [5.41, 5.74) is 12.0.